The molecule has 0 spiro atoms. The third kappa shape index (κ3) is 3.57. The molecule has 1 amide bonds. The molecule has 2 heterocycles. The highest BCUT2D eigenvalue weighted by atomic mass is 35.5. The second-order valence-corrected chi connectivity index (χ2v) is 9.69. The average molecular weight is 466 g/mol. The van der Waals surface area contributed by atoms with Crippen molar-refractivity contribution < 1.29 is 13.2 Å². The quantitative estimate of drug-likeness (QED) is 0.431. The molecular weight excluding hydrogens is 449 g/mol. The van der Waals surface area contributed by atoms with Crippen molar-refractivity contribution in [2.45, 2.75) is 30.7 Å². The summed E-state index contributed by atoms with van der Waals surface area (Å²) in [5.74, 6) is -0.562. The summed E-state index contributed by atoms with van der Waals surface area (Å²) < 4.78 is 28.2. The molecule has 0 N–H and O–H groups in total. The van der Waals surface area contributed by atoms with E-state index in [2.05, 4.69) is 15.0 Å². The zero-order valence-corrected chi connectivity index (χ0v) is 18.4. The first kappa shape index (κ1) is 20.8. The first-order chi connectivity index (χ1) is 14.2. The molecule has 30 heavy (non-hydrogen) atoms. The summed E-state index contributed by atoms with van der Waals surface area (Å²) in [6.45, 7) is 1.86. The number of fused-ring (bicyclic) bond motifs is 1. The number of carbonyl (C=O) groups excluding carboxylic acids is 1. The van der Waals surface area contributed by atoms with Gasteiger partial charge in [-0.15, -0.1) is 0 Å². The summed E-state index contributed by atoms with van der Waals surface area (Å²) in [6.07, 6.45) is 4.16. The number of allylic oxidation sites excluding steroid dienone is 1. The number of aromatic nitrogens is 4. The molecule has 156 valence electrons. The van der Waals surface area contributed by atoms with Gasteiger partial charge >= 0.3 is 0 Å². The van der Waals surface area contributed by atoms with Crippen molar-refractivity contribution in [2.24, 2.45) is 0 Å². The molecule has 0 unspecified atom stereocenters. The summed E-state index contributed by atoms with van der Waals surface area (Å²) in [4.78, 5) is 25.3. The highest BCUT2D eigenvalue weighted by molar-refractivity contribution is 7.89. The number of benzene rings is 1. The lowest BCUT2D eigenvalue weighted by Gasteiger charge is -2.19. The number of amides is 1. The Balaban J connectivity index is 1.56. The monoisotopic (exact) mass is 465 g/mol. The van der Waals surface area contributed by atoms with Gasteiger partial charge in [-0.25, -0.2) is 22.7 Å². The van der Waals surface area contributed by atoms with E-state index in [0.29, 0.717) is 29.6 Å². The van der Waals surface area contributed by atoms with Crippen LogP contribution in [0.15, 0.2) is 47.1 Å². The molecule has 2 aromatic heterocycles. The van der Waals surface area contributed by atoms with E-state index in [1.165, 1.54) is 19.2 Å². The topological polar surface area (TPSA) is 98.1 Å². The normalized spacial score (nSPS) is 16.7. The Labute approximate surface area is 183 Å². The number of likely N-dealkylation sites (N-methyl/N-ethyl adjacent to an activating group) is 1. The Morgan fingerprint density at radius 2 is 1.90 bits per heavy atom. The minimum absolute atomic E-state index is 0.000399. The molecule has 0 radical (unpaired) electrons. The summed E-state index contributed by atoms with van der Waals surface area (Å²) >= 11 is 12.0. The molecule has 0 saturated heterocycles. The number of halogens is 2. The Kier molecular flexibility index (Phi) is 5.29. The number of carbonyl (C=O) groups is 1. The summed E-state index contributed by atoms with van der Waals surface area (Å²) in [5.41, 5.74) is 2.22. The SMILES string of the molecule is Cc1ccc(S(=O)(=O)N(C)C(=O)C2=CC[C@H](n3cnc4c(Cl)nc(Cl)nc43)C2)cc1. The van der Waals surface area contributed by atoms with E-state index in [-0.39, 0.29) is 21.4 Å². The number of hydrogen-bond donors (Lipinski definition) is 0. The highest BCUT2D eigenvalue weighted by Crippen LogP contribution is 2.34. The first-order valence-electron chi connectivity index (χ1n) is 9.03. The van der Waals surface area contributed by atoms with E-state index < -0.39 is 15.9 Å². The molecule has 4 rings (SSSR count). The molecular formula is C19H17Cl2N5O3S. The predicted octanol–water partition coefficient (Wildman–Crippen LogP) is 3.55. The van der Waals surface area contributed by atoms with Gasteiger partial charge in [0, 0.05) is 18.7 Å². The fourth-order valence-electron chi connectivity index (χ4n) is 3.39. The van der Waals surface area contributed by atoms with E-state index in [0.717, 1.165) is 9.87 Å². The van der Waals surface area contributed by atoms with Gasteiger partial charge in [-0.1, -0.05) is 35.4 Å². The lowest BCUT2D eigenvalue weighted by Crippen LogP contribution is -2.34. The van der Waals surface area contributed by atoms with Crippen LogP contribution in [0.4, 0.5) is 0 Å². The third-order valence-corrected chi connectivity index (χ3v) is 7.26. The average Bonchev–Trinajstić information content (AvgIpc) is 3.34. The zero-order chi connectivity index (χ0) is 21.6. The molecule has 1 aliphatic rings. The van der Waals surface area contributed by atoms with Crippen LogP contribution < -0.4 is 0 Å². The lowest BCUT2D eigenvalue weighted by molar-refractivity contribution is -0.121. The Hall–Kier alpha value is -2.49. The van der Waals surface area contributed by atoms with Crippen molar-refractivity contribution in [1.29, 1.82) is 0 Å². The van der Waals surface area contributed by atoms with Crippen LogP contribution in [0.2, 0.25) is 10.4 Å². The third-order valence-electron chi connectivity index (χ3n) is 5.08. The van der Waals surface area contributed by atoms with Gasteiger partial charge in [0.2, 0.25) is 5.28 Å². The van der Waals surface area contributed by atoms with Crippen LogP contribution in [0, 0.1) is 6.92 Å². The van der Waals surface area contributed by atoms with Crippen LogP contribution in [0.5, 0.6) is 0 Å². The van der Waals surface area contributed by atoms with Crippen molar-refractivity contribution in [1.82, 2.24) is 23.8 Å². The number of rotatable bonds is 4. The van der Waals surface area contributed by atoms with Gasteiger partial charge in [0.15, 0.2) is 10.8 Å². The number of aryl methyl sites for hydroxylation is 1. The fraction of sp³-hybridized carbons (Fsp3) is 0.263. The molecule has 0 saturated carbocycles. The Bertz CT molecular complexity index is 1290. The van der Waals surface area contributed by atoms with E-state index in [1.807, 2.05) is 6.92 Å². The maximum Gasteiger partial charge on any atom is 0.266 e. The van der Waals surface area contributed by atoms with Crippen molar-refractivity contribution in [3.63, 3.8) is 0 Å². The molecule has 1 aliphatic carbocycles. The van der Waals surface area contributed by atoms with E-state index >= 15 is 0 Å². The van der Waals surface area contributed by atoms with Gasteiger partial charge in [-0.3, -0.25) is 4.79 Å². The largest absolute Gasteiger partial charge is 0.311 e. The second-order valence-electron chi connectivity index (χ2n) is 7.02. The smallest absolute Gasteiger partial charge is 0.266 e. The molecule has 0 bridgehead atoms. The molecule has 1 atom stereocenters. The predicted molar refractivity (Wildman–Crippen MR) is 113 cm³/mol. The Morgan fingerprint density at radius 1 is 1.20 bits per heavy atom. The number of sulfonamides is 1. The van der Waals surface area contributed by atoms with Crippen LogP contribution in [-0.2, 0) is 14.8 Å². The molecule has 8 nitrogen and oxygen atoms in total. The molecule has 0 fully saturated rings. The molecule has 3 aromatic rings. The van der Waals surface area contributed by atoms with E-state index in [1.54, 1.807) is 29.1 Å². The highest BCUT2D eigenvalue weighted by Gasteiger charge is 2.32. The molecule has 1 aromatic carbocycles. The van der Waals surface area contributed by atoms with Crippen molar-refractivity contribution in [2.75, 3.05) is 7.05 Å². The van der Waals surface area contributed by atoms with Crippen molar-refractivity contribution >= 4 is 50.3 Å². The fourth-order valence-corrected chi connectivity index (χ4v) is 4.94. The van der Waals surface area contributed by atoms with Gasteiger partial charge in [-0.05, 0) is 43.5 Å². The maximum atomic E-state index is 12.9. The number of hydrogen-bond acceptors (Lipinski definition) is 6. The molecule has 0 aliphatic heterocycles. The van der Waals surface area contributed by atoms with Crippen LogP contribution >= 0.6 is 23.2 Å². The first-order valence-corrected chi connectivity index (χ1v) is 11.2. The summed E-state index contributed by atoms with van der Waals surface area (Å²) in [6, 6.07) is 6.21. The zero-order valence-electron chi connectivity index (χ0n) is 16.1. The number of imidazole rings is 1. The van der Waals surface area contributed by atoms with Gasteiger partial charge in [0.05, 0.1) is 11.2 Å². The number of nitrogens with zero attached hydrogens (tertiary/aromatic N) is 5. The minimum atomic E-state index is -3.94. The summed E-state index contributed by atoms with van der Waals surface area (Å²) in [7, 11) is -2.67. The van der Waals surface area contributed by atoms with Crippen molar-refractivity contribution in [3.8, 4) is 0 Å². The van der Waals surface area contributed by atoms with Crippen LogP contribution in [-0.4, -0.2) is 45.2 Å². The van der Waals surface area contributed by atoms with Crippen molar-refractivity contribution in [3.05, 3.63) is 58.2 Å². The minimum Gasteiger partial charge on any atom is -0.311 e. The van der Waals surface area contributed by atoms with Crippen LogP contribution in [0.1, 0.15) is 24.4 Å². The summed E-state index contributed by atoms with van der Waals surface area (Å²) in [5, 5.41) is 0.148. The van der Waals surface area contributed by atoms with Gasteiger partial charge < -0.3 is 4.57 Å². The van der Waals surface area contributed by atoms with Gasteiger partial charge in [-0.2, -0.15) is 4.98 Å². The second kappa shape index (κ2) is 7.64. The van der Waals surface area contributed by atoms with Gasteiger partial charge in [0.1, 0.15) is 5.52 Å². The van der Waals surface area contributed by atoms with E-state index in [9.17, 15) is 13.2 Å². The van der Waals surface area contributed by atoms with E-state index in [4.69, 9.17) is 23.2 Å². The van der Waals surface area contributed by atoms with Gasteiger partial charge in [0.25, 0.3) is 15.9 Å². The molecule has 11 heteroatoms. The lowest BCUT2D eigenvalue weighted by atomic mass is 10.1. The van der Waals surface area contributed by atoms with Crippen LogP contribution in [0.25, 0.3) is 11.2 Å². The van der Waals surface area contributed by atoms with Crippen LogP contribution in [0.3, 0.4) is 0 Å². The Morgan fingerprint density at radius 3 is 2.60 bits per heavy atom. The standard InChI is InChI=1S/C19H17Cl2N5O3S/c1-11-3-7-14(8-4-11)30(28,29)25(2)18(27)12-5-6-13(9-12)26-10-22-15-16(20)23-19(21)24-17(15)26/h3-5,7-8,10,13H,6,9H2,1-2H3/t13-/m0/s1. The maximum absolute atomic E-state index is 12.9.